The van der Waals surface area contributed by atoms with Gasteiger partial charge in [0.15, 0.2) is 0 Å². The summed E-state index contributed by atoms with van der Waals surface area (Å²) in [4.78, 5) is 0. The van der Waals surface area contributed by atoms with Crippen LogP contribution in [0, 0.1) is 0 Å². The van der Waals surface area contributed by atoms with Gasteiger partial charge in [0.05, 0.1) is 15.1 Å². The fourth-order valence-electron chi connectivity index (χ4n) is 1.82. The van der Waals surface area contributed by atoms with Crippen LogP contribution in [-0.4, -0.2) is 0 Å². The lowest BCUT2D eigenvalue weighted by Gasteiger charge is -2.15. The van der Waals surface area contributed by atoms with E-state index in [1.54, 1.807) is 0 Å². The number of nitrogens with one attached hydrogen (secondary N) is 1. The summed E-state index contributed by atoms with van der Waals surface area (Å²) in [5, 5.41) is 5.29. The Morgan fingerprint density at radius 1 is 1.00 bits per heavy atom. The lowest BCUT2D eigenvalue weighted by Crippen LogP contribution is -2.18. The zero-order valence-corrected chi connectivity index (χ0v) is 14.6. The molecule has 2 rings (SSSR count). The van der Waals surface area contributed by atoms with Gasteiger partial charge < -0.3 is 5.32 Å². The Labute approximate surface area is 142 Å². The van der Waals surface area contributed by atoms with Crippen molar-refractivity contribution in [3.8, 4) is 0 Å². The zero-order chi connectivity index (χ0) is 14.7. The van der Waals surface area contributed by atoms with Crippen molar-refractivity contribution in [2.75, 3.05) is 0 Å². The average molecular weight is 394 g/mol. The van der Waals surface area contributed by atoms with Crippen LogP contribution in [0.1, 0.15) is 24.1 Å². The van der Waals surface area contributed by atoms with Gasteiger partial charge in [0.2, 0.25) is 0 Å². The maximum absolute atomic E-state index is 6.08. The Hall–Kier alpha value is -0.250. The van der Waals surface area contributed by atoms with Crippen LogP contribution in [0.4, 0.5) is 0 Å². The molecule has 5 heteroatoms. The Balaban J connectivity index is 2.02. The molecule has 0 aromatic heterocycles. The summed E-state index contributed by atoms with van der Waals surface area (Å²) in [6.07, 6.45) is 0. The second kappa shape index (κ2) is 7.15. The fourth-order valence-corrected chi connectivity index (χ4v) is 2.58. The predicted octanol–water partition coefficient (Wildman–Crippen LogP) is 6.26. The summed E-state index contributed by atoms with van der Waals surface area (Å²) in [5.74, 6) is 0. The number of rotatable bonds is 4. The van der Waals surface area contributed by atoms with Gasteiger partial charge in [-0.3, -0.25) is 0 Å². The largest absolute Gasteiger partial charge is 0.306 e. The van der Waals surface area contributed by atoms with Gasteiger partial charge in [-0.05, 0) is 58.2 Å². The highest BCUT2D eigenvalue weighted by Gasteiger charge is 2.08. The van der Waals surface area contributed by atoms with E-state index >= 15 is 0 Å². The maximum atomic E-state index is 6.08. The van der Waals surface area contributed by atoms with Gasteiger partial charge in [-0.1, -0.05) is 46.9 Å². The molecule has 1 atom stereocenters. The van der Waals surface area contributed by atoms with Crippen molar-refractivity contribution in [2.24, 2.45) is 0 Å². The van der Waals surface area contributed by atoms with E-state index in [-0.39, 0.29) is 6.04 Å². The third-order valence-corrected chi connectivity index (χ3v) is 5.01. The standard InChI is InChI=1S/C15H13BrCl3N/c1-9(11-3-5-13(17)15(19)7-11)20-8-10-2-4-12(16)14(18)6-10/h2-7,9,20H,8H2,1H3. The van der Waals surface area contributed by atoms with Gasteiger partial charge in [0, 0.05) is 17.1 Å². The fraction of sp³-hybridized carbons (Fsp3) is 0.200. The summed E-state index contributed by atoms with van der Waals surface area (Å²) in [6.45, 7) is 2.81. The van der Waals surface area contributed by atoms with Gasteiger partial charge in [0.1, 0.15) is 0 Å². The van der Waals surface area contributed by atoms with Crippen molar-refractivity contribution in [1.29, 1.82) is 0 Å². The van der Waals surface area contributed by atoms with Crippen molar-refractivity contribution >= 4 is 50.7 Å². The molecule has 0 spiro atoms. The van der Waals surface area contributed by atoms with Gasteiger partial charge in [-0.2, -0.15) is 0 Å². The molecule has 0 saturated heterocycles. The molecule has 2 aromatic carbocycles. The third-order valence-electron chi connectivity index (χ3n) is 3.04. The molecule has 1 unspecified atom stereocenters. The summed E-state index contributed by atoms with van der Waals surface area (Å²) in [5.41, 5.74) is 2.23. The minimum Gasteiger partial charge on any atom is -0.306 e. The Morgan fingerprint density at radius 2 is 1.75 bits per heavy atom. The van der Waals surface area contributed by atoms with E-state index in [2.05, 4.69) is 28.2 Å². The summed E-state index contributed by atoms with van der Waals surface area (Å²) in [6, 6.07) is 11.8. The van der Waals surface area contributed by atoms with Gasteiger partial charge in [-0.25, -0.2) is 0 Å². The number of hydrogen-bond donors (Lipinski definition) is 1. The van der Waals surface area contributed by atoms with Gasteiger partial charge >= 0.3 is 0 Å². The quantitative estimate of drug-likeness (QED) is 0.646. The number of halogens is 4. The lowest BCUT2D eigenvalue weighted by atomic mass is 10.1. The Bertz CT molecular complexity index is 616. The molecule has 1 nitrogen and oxygen atoms in total. The summed E-state index contributed by atoms with van der Waals surface area (Å²) >= 11 is 21.4. The smallest absolute Gasteiger partial charge is 0.0595 e. The molecule has 0 amide bonds. The topological polar surface area (TPSA) is 12.0 Å². The highest BCUT2D eigenvalue weighted by molar-refractivity contribution is 9.10. The Kier molecular flexibility index (Phi) is 5.76. The van der Waals surface area contributed by atoms with Crippen molar-refractivity contribution in [2.45, 2.75) is 19.5 Å². The first-order valence-corrected chi connectivity index (χ1v) is 8.02. The molecule has 0 saturated carbocycles. The molecule has 0 radical (unpaired) electrons. The first-order chi connectivity index (χ1) is 9.47. The third kappa shape index (κ3) is 4.12. The van der Waals surface area contributed by atoms with Gasteiger partial charge in [0.25, 0.3) is 0 Å². The van der Waals surface area contributed by atoms with Crippen LogP contribution < -0.4 is 5.32 Å². The minimum atomic E-state index is 0.173. The van der Waals surface area contributed by atoms with Crippen LogP contribution in [-0.2, 0) is 6.54 Å². The number of benzene rings is 2. The first kappa shape index (κ1) is 16.1. The highest BCUT2D eigenvalue weighted by atomic mass is 79.9. The minimum absolute atomic E-state index is 0.173. The first-order valence-electron chi connectivity index (χ1n) is 6.09. The van der Waals surface area contributed by atoms with E-state index in [0.717, 1.165) is 22.1 Å². The van der Waals surface area contributed by atoms with Crippen molar-refractivity contribution in [3.63, 3.8) is 0 Å². The van der Waals surface area contributed by atoms with Crippen LogP contribution in [0.2, 0.25) is 15.1 Å². The van der Waals surface area contributed by atoms with Crippen LogP contribution >= 0.6 is 50.7 Å². The molecule has 0 aliphatic carbocycles. The SMILES string of the molecule is CC(NCc1ccc(Br)c(Cl)c1)c1ccc(Cl)c(Cl)c1. The lowest BCUT2D eigenvalue weighted by molar-refractivity contribution is 0.575. The zero-order valence-electron chi connectivity index (χ0n) is 10.8. The summed E-state index contributed by atoms with van der Waals surface area (Å²) < 4.78 is 0.903. The Morgan fingerprint density at radius 3 is 2.40 bits per heavy atom. The maximum Gasteiger partial charge on any atom is 0.0595 e. The average Bonchev–Trinajstić information content (AvgIpc) is 2.43. The second-order valence-electron chi connectivity index (χ2n) is 4.52. The monoisotopic (exact) mass is 391 g/mol. The van der Waals surface area contributed by atoms with E-state index in [1.165, 1.54) is 0 Å². The molecule has 2 aromatic rings. The molecule has 20 heavy (non-hydrogen) atoms. The van der Waals surface area contributed by atoms with Crippen LogP contribution in [0.25, 0.3) is 0 Å². The second-order valence-corrected chi connectivity index (χ2v) is 6.60. The molecular weight excluding hydrogens is 380 g/mol. The van der Waals surface area contributed by atoms with Crippen molar-refractivity contribution in [1.82, 2.24) is 5.32 Å². The van der Waals surface area contributed by atoms with Crippen LogP contribution in [0.3, 0.4) is 0 Å². The highest BCUT2D eigenvalue weighted by Crippen LogP contribution is 2.26. The predicted molar refractivity (Wildman–Crippen MR) is 90.9 cm³/mol. The molecule has 0 bridgehead atoms. The molecule has 0 aliphatic heterocycles. The van der Waals surface area contributed by atoms with Crippen LogP contribution in [0.5, 0.6) is 0 Å². The van der Waals surface area contributed by atoms with Gasteiger partial charge in [-0.15, -0.1) is 0 Å². The number of hydrogen-bond acceptors (Lipinski definition) is 1. The van der Waals surface area contributed by atoms with Crippen LogP contribution in [0.15, 0.2) is 40.9 Å². The van der Waals surface area contributed by atoms with Crippen molar-refractivity contribution < 1.29 is 0 Å². The van der Waals surface area contributed by atoms with E-state index in [4.69, 9.17) is 34.8 Å². The molecule has 0 fully saturated rings. The molecule has 1 N–H and O–H groups in total. The molecule has 0 aliphatic rings. The van der Waals surface area contributed by atoms with E-state index in [1.807, 2.05) is 36.4 Å². The molecular formula is C15H13BrCl3N. The van der Waals surface area contributed by atoms with Crippen molar-refractivity contribution in [3.05, 3.63) is 67.1 Å². The molecule has 0 heterocycles. The van der Waals surface area contributed by atoms with E-state index in [9.17, 15) is 0 Å². The normalized spacial score (nSPS) is 12.4. The van der Waals surface area contributed by atoms with E-state index < -0.39 is 0 Å². The molecule has 106 valence electrons. The summed E-state index contributed by atoms with van der Waals surface area (Å²) in [7, 11) is 0. The van der Waals surface area contributed by atoms with E-state index in [0.29, 0.717) is 15.1 Å².